The highest BCUT2D eigenvalue weighted by atomic mass is 32.1. The third-order valence-corrected chi connectivity index (χ3v) is 4.37. The van der Waals surface area contributed by atoms with Gasteiger partial charge in [-0.2, -0.15) is 0 Å². The van der Waals surface area contributed by atoms with E-state index < -0.39 is 0 Å². The standard InChI is InChI=1S/C16H31N5S/c1-5-17-16(20-13-15-19-12-14(4)22-15)18-10-8-9-11-21(6-2)7-3/h12H,5-11,13H2,1-4H3,(H2,17,18,20). The molecule has 0 radical (unpaired) electrons. The van der Waals surface area contributed by atoms with Crippen LogP contribution in [0.15, 0.2) is 11.2 Å². The van der Waals surface area contributed by atoms with Crippen molar-refractivity contribution >= 4 is 17.3 Å². The molecule has 5 nitrogen and oxygen atoms in total. The number of aromatic nitrogens is 1. The highest BCUT2D eigenvalue weighted by Crippen LogP contribution is 2.11. The average molecular weight is 326 g/mol. The van der Waals surface area contributed by atoms with Crippen molar-refractivity contribution in [2.45, 2.75) is 47.1 Å². The Morgan fingerprint density at radius 2 is 2.00 bits per heavy atom. The number of guanidine groups is 1. The van der Waals surface area contributed by atoms with Crippen molar-refractivity contribution in [1.82, 2.24) is 20.5 Å². The molecule has 1 rings (SSSR count). The second-order valence-corrected chi connectivity index (χ2v) is 6.54. The summed E-state index contributed by atoms with van der Waals surface area (Å²) in [5.74, 6) is 0.887. The molecule has 126 valence electrons. The molecule has 1 heterocycles. The summed E-state index contributed by atoms with van der Waals surface area (Å²) >= 11 is 1.71. The lowest BCUT2D eigenvalue weighted by molar-refractivity contribution is 0.297. The maximum absolute atomic E-state index is 4.59. The summed E-state index contributed by atoms with van der Waals surface area (Å²) in [5, 5.41) is 7.76. The fraction of sp³-hybridized carbons (Fsp3) is 0.750. The van der Waals surface area contributed by atoms with Crippen LogP contribution in [0.5, 0.6) is 0 Å². The molecule has 0 saturated heterocycles. The van der Waals surface area contributed by atoms with Crippen LogP contribution in [0.25, 0.3) is 0 Å². The Labute approximate surface area is 139 Å². The zero-order chi connectivity index (χ0) is 16.2. The van der Waals surface area contributed by atoms with E-state index in [0.717, 1.165) is 43.6 Å². The summed E-state index contributed by atoms with van der Waals surface area (Å²) < 4.78 is 0. The van der Waals surface area contributed by atoms with E-state index in [0.29, 0.717) is 6.54 Å². The van der Waals surface area contributed by atoms with E-state index >= 15 is 0 Å². The topological polar surface area (TPSA) is 52.6 Å². The fourth-order valence-electron chi connectivity index (χ4n) is 2.17. The molecule has 1 aromatic rings. The van der Waals surface area contributed by atoms with Gasteiger partial charge in [0.2, 0.25) is 0 Å². The molecule has 0 aromatic carbocycles. The molecule has 2 N–H and O–H groups in total. The van der Waals surface area contributed by atoms with Gasteiger partial charge in [-0.1, -0.05) is 13.8 Å². The van der Waals surface area contributed by atoms with Gasteiger partial charge in [0.15, 0.2) is 5.96 Å². The number of aliphatic imine (C=N–C) groups is 1. The number of aryl methyl sites for hydroxylation is 1. The van der Waals surface area contributed by atoms with Crippen molar-refractivity contribution in [3.63, 3.8) is 0 Å². The number of hydrogen-bond acceptors (Lipinski definition) is 4. The SMILES string of the molecule is CCNC(=NCc1ncc(C)s1)NCCCCN(CC)CC. The Balaban J connectivity index is 2.28. The minimum atomic E-state index is 0.646. The van der Waals surface area contributed by atoms with E-state index in [9.17, 15) is 0 Å². The van der Waals surface area contributed by atoms with Gasteiger partial charge >= 0.3 is 0 Å². The van der Waals surface area contributed by atoms with Gasteiger partial charge in [0.05, 0.1) is 6.54 Å². The molecular weight excluding hydrogens is 294 g/mol. The van der Waals surface area contributed by atoms with E-state index in [1.54, 1.807) is 11.3 Å². The lowest BCUT2D eigenvalue weighted by atomic mass is 10.3. The van der Waals surface area contributed by atoms with Crippen LogP contribution in [0.1, 0.15) is 43.5 Å². The van der Waals surface area contributed by atoms with Crippen LogP contribution in [0.2, 0.25) is 0 Å². The third kappa shape index (κ3) is 7.75. The first kappa shape index (κ1) is 18.9. The van der Waals surface area contributed by atoms with Crippen molar-refractivity contribution in [3.8, 4) is 0 Å². The van der Waals surface area contributed by atoms with E-state index in [-0.39, 0.29) is 0 Å². The number of rotatable bonds is 10. The van der Waals surface area contributed by atoms with Gasteiger partial charge in [-0.25, -0.2) is 9.98 Å². The Bertz CT molecular complexity index is 426. The number of hydrogen-bond donors (Lipinski definition) is 2. The highest BCUT2D eigenvalue weighted by molar-refractivity contribution is 7.11. The minimum Gasteiger partial charge on any atom is -0.357 e. The first-order chi connectivity index (χ1) is 10.7. The van der Waals surface area contributed by atoms with Gasteiger partial charge in [0.25, 0.3) is 0 Å². The Hall–Kier alpha value is -1.14. The summed E-state index contributed by atoms with van der Waals surface area (Å²) in [6.07, 6.45) is 4.29. The zero-order valence-electron chi connectivity index (χ0n) is 14.5. The number of nitrogens with zero attached hydrogens (tertiary/aromatic N) is 3. The van der Waals surface area contributed by atoms with Crippen LogP contribution < -0.4 is 10.6 Å². The highest BCUT2D eigenvalue weighted by Gasteiger charge is 2.01. The van der Waals surface area contributed by atoms with Crippen LogP contribution >= 0.6 is 11.3 Å². The molecule has 0 aliphatic carbocycles. The van der Waals surface area contributed by atoms with Gasteiger partial charge in [-0.15, -0.1) is 11.3 Å². The molecule has 22 heavy (non-hydrogen) atoms. The predicted octanol–water partition coefficient (Wildman–Crippen LogP) is 2.63. The van der Waals surface area contributed by atoms with E-state index in [1.807, 2.05) is 6.20 Å². The average Bonchev–Trinajstić information content (AvgIpc) is 2.94. The second-order valence-electron chi connectivity index (χ2n) is 5.22. The zero-order valence-corrected chi connectivity index (χ0v) is 15.3. The van der Waals surface area contributed by atoms with E-state index in [2.05, 4.69) is 53.2 Å². The Morgan fingerprint density at radius 3 is 2.59 bits per heavy atom. The van der Waals surface area contributed by atoms with Gasteiger partial charge in [0.1, 0.15) is 5.01 Å². The molecule has 0 saturated carbocycles. The normalized spacial score (nSPS) is 12.0. The maximum Gasteiger partial charge on any atom is 0.191 e. The lowest BCUT2D eigenvalue weighted by Crippen LogP contribution is -2.38. The van der Waals surface area contributed by atoms with Crippen molar-refractivity contribution in [1.29, 1.82) is 0 Å². The minimum absolute atomic E-state index is 0.646. The predicted molar refractivity (Wildman–Crippen MR) is 96.7 cm³/mol. The number of unbranched alkanes of at least 4 members (excludes halogenated alkanes) is 1. The first-order valence-corrected chi connectivity index (χ1v) is 9.17. The van der Waals surface area contributed by atoms with E-state index in [1.165, 1.54) is 17.8 Å². The quantitative estimate of drug-likeness (QED) is 0.394. The van der Waals surface area contributed by atoms with Crippen molar-refractivity contribution in [2.24, 2.45) is 4.99 Å². The van der Waals surface area contributed by atoms with Crippen LogP contribution in [-0.4, -0.2) is 48.6 Å². The Morgan fingerprint density at radius 1 is 1.23 bits per heavy atom. The van der Waals surface area contributed by atoms with Crippen LogP contribution in [-0.2, 0) is 6.54 Å². The lowest BCUT2D eigenvalue weighted by Gasteiger charge is -2.17. The first-order valence-electron chi connectivity index (χ1n) is 8.35. The molecule has 0 atom stereocenters. The van der Waals surface area contributed by atoms with Crippen LogP contribution in [0, 0.1) is 6.92 Å². The molecule has 0 aliphatic heterocycles. The van der Waals surface area contributed by atoms with Crippen LogP contribution in [0.4, 0.5) is 0 Å². The summed E-state index contributed by atoms with van der Waals surface area (Å²) in [6.45, 7) is 14.5. The molecular formula is C16H31N5S. The molecule has 1 aromatic heterocycles. The van der Waals surface area contributed by atoms with Crippen molar-refractivity contribution in [3.05, 3.63) is 16.1 Å². The number of nitrogens with one attached hydrogen (secondary N) is 2. The Kier molecular flexibility index (Phi) is 9.82. The summed E-state index contributed by atoms with van der Waals surface area (Å²) in [7, 11) is 0. The van der Waals surface area contributed by atoms with Crippen LogP contribution in [0.3, 0.4) is 0 Å². The van der Waals surface area contributed by atoms with E-state index in [4.69, 9.17) is 0 Å². The van der Waals surface area contributed by atoms with Gasteiger partial charge in [-0.05, 0) is 46.3 Å². The number of thiazole rings is 1. The molecule has 0 fully saturated rings. The molecule has 6 heteroatoms. The summed E-state index contributed by atoms with van der Waals surface area (Å²) in [5.41, 5.74) is 0. The van der Waals surface area contributed by atoms with Gasteiger partial charge < -0.3 is 15.5 Å². The molecule has 0 unspecified atom stereocenters. The second kappa shape index (κ2) is 11.4. The van der Waals surface area contributed by atoms with Crippen molar-refractivity contribution in [2.75, 3.05) is 32.7 Å². The molecule has 0 spiro atoms. The third-order valence-electron chi connectivity index (χ3n) is 3.47. The molecule has 0 bridgehead atoms. The monoisotopic (exact) mass is 325 g/mol. The van der Waals surface area contributed by atoms with Crippen molar-refractivity contribution < 1.29 is 0 Å². The molecule has 0 amide bonds. The maximum atomic E-state index is 4.59. The summed E-state index contributed by atoms with van der Waals surface area (Å²) in [6, 6.07) is 0. The van der Waals surface area contributed by atoms with Gasteiger partial charge in [-0.3, -0.25) is 0 Å². The fourth-order valence-corrected chi connectivity index (χ4v) is 2.88. The molecule has 0 aliphatic rings. The summed E-state index contributed by atoms with van der Waals surface area (Å²) in [4.78, 5) is 12.6. The smallest absolute Gasteiger partial charge is 0.191 e. The largest absolute Gasteiger partial charge is 0.357 e. The van der Waals surface area contributed by atoms with Gasteiger partial charge in [0, 0.05) is 24.2 Å².